The van der Waals surface area contributed by atoms with Gasteiger partial charge in [-0.05, 0) is 69.7 Å². The number of para-hydroxylation sites is 1. The van der Waals surface area contributed by atoms with Crippen molar-refractivity contribution >= 4 is 21.6 Å². The normalized spacial score (nSPS) is 16.0. The molecule has 0 spiro atoms. The lowest BCUT2D eigenvalue weighted by Gasteiger charge is -2.31. The molecule has 156 valence electrons. The van der Waals surface area contributed by atoms with E-state index in [0.29, 0.717) is 30.8 Å². The monoisotopic (exact) mass is 414 g/mol. The van der Waals surface area contributed by atoms with E-state index < -0.39 is 10.0 Å². The van der Waals surface area contributed by atoms with Gasteiger partial charge in [-0.1, -0.05) is 35.9 Å². The van der Waals surface area contributed by atoms with Gasteiger partial charge >= 0.3 is 0 Å². The molecule has 1 amide bonds. The minimum absolute atomic E-state index is 0.0258. The van der Waals surface area contributed by atoms with Crippen LogP contribution in [0.2, 0.25) is 0 Å². The number of piperidine rings is 1. The second-order valence-electron chi connectivity index (χ2n) is 8.16. The Hall–Kier alpha value is -2.18. The summed E-state index contributed by atoms with van der Waals surface area (Å²) in [6, 6.07) is 9.74. The molecule has 2 aromatic carbocycles. The standard InChI is InChI=1S/C23H30N2O3S/c1-15-13-18(4)22(19(5)14-15)29(27,28)25-11-9-20(10-12-25)23(26)24-21-16(2)7-6-8-17(21)3/h6-8,13-14,20H,9-12H2,1-5H3,(H,24,26). The molecule has 0 unspecified atom stereocenters. The number of hydrogen-bond acceptors (Lipinski definition) is 3. The smallest absolute Gasteiger partial charge is 0.243 e. The summed E-state index contributed by atoms with van der Waals surface area (Å²) >= 11 is 0. The molecule has 0 bridgehead atoms. The molecule has 2 aromatic rings. The van der Waals surface area contributed by atoms with Gasteiger partial charge in [-0.3, -0.25) is 4.79 Å². The predicted molar refractivity (Wildman–Crippen MR) is 117 cm³/mol. The van der Waals surface area contributed by atoms with E-state index >= 15 is 0 Å². The van der Waals surface area contributed by atoms with Crippen LogP contribution in [-0.2, 0) is 14.8 Å². The zero-order valence-corrected chi connectivity index (χ0v) is 18.7. The van der Waals surface area contributed by atoms with Crippen molar-refractivity contribution in [3.8, 4) is 0 Å². The summed E-state index contributed by atoms with van der Waals surface area (Å²) in [5.41, 5.74) is 5.53. The number of carbonyl (C=O) groups is 1. The van der Waals surface area contributed by atoms with E-state index in [1.54, 1.807) is 0 Å². The SMILES string of the molecule is Cc1cc(C)c(S(=O)(=O)N2CCC(C(=O)Nc3c(C)cccc3C)CC2)c(C)c1. The van der Waals surface area contributed by atoms with Gasteiger partial charge in [-0.25, -0.2) is 8.42 Å². The number of carbonyl (C=O) groups excluding carboxylic acids is 1. The maximum Gasteiger partial charge on any atom is 0.243 e. The lowest BCUT2D eigenvalue weighted by Crippen LogP contribution is -2.41. The highest BCUT2D eigenvalue weighted by Crippen LogP contribution is 2.29. The first-order valence-electron chi connectivity index (χ1n) is 10.1. The van der Waals surface area contributed by atoms with E-state index in [1.165, 1.54) is 4.31 Å². The molecule has 6 heteroatoms. The van der Waals surface area contributed by atoms with E-state index in [4.69, 9.17) is 0 Å². The van der Waals surface area contributed by atoms with Crippen LogP contribution in [0.15, 0.2) is 35.2 Å². The molecule has 0 aliphatic carbocycles. The van der Waals surface area contributed by atoms with Gasteiger partial charge in [0.05, 0.1) is 4.90 Å². The maximum absolute atomic E-state index is 13.2. The largest absolute Gasteiger partial charge is 0.325 e. The van der Waals surface area contributed by atoms with Crippen LogP contribution in [0.1, 0.15) is 40.7 Å². The number of nitrogens with one attached hydrogen (secondary N) is 1. The highest BCUT2D eigenvalue weighted by atomic mass is 32.2. The van der Waals surface area contributed by atoms with Crippen molar-refractivity contribution in [1.82, 2.24) is 4.31 Å². The molecule has 1 saturated heterocycles. The number of anilines is 1. The molecule has 0 saturated carbocycles. The fraction of sp³-hybridized carbons (Fsp3) is 0.435. The Kier molecular flexibility index (Phi) is 6.15. The van der Waals surface area contributed by atoms with Gasteiger partial charge in [0.1, 0.15) is 0 Å². The van der Waals surface area contributed by atoms with Crippen LogP contribution in [-0.4, -0.2) is 31.7 Å². The van der Waals surface area contributed by atoms with Crippen LogP contribution in [0, 0.1) is 40.5 Å². The van der Waals surface area contributed by atoms with E-state index in [0.717, 1.165) is 33.5 Å². The molecule has 1 aliphatic heterocycles. The average molecular weight is 415 g/mol. The Labute approximate surface area is 174 Å². The van der Waals surface area contributed by atoms with Crippen molar-refractivity contribution < 1.29 is 13.2 Å². The number of nitrogens with zero attached hydrogens (tertiary/aromatic N) is 1. The molecule has 0 radical (unpaired) electrons. The number of rotatable bonds is 4. The predicted octanol–water partition coefficient (Wildman–Crippen LogP) is 4.27. The van der Waals surface area contributed by atoms with Crippen LogP contribution in [0.25, 0.3) is 0 Å². The minimum Gasteiger partial charge on any atom is -0.325 e. The molecule has 1 aliphatic rings. The second-order valence-corrected chi connectivity index (χ2v) is 10.0. The molecule has 29 heavy (non-hydrogen) atoms. The molecule has 1 fully saturated rings. The summed E-state index contributed by atoms with van der Waals surface area (Å²) in [6.07, 6.45) is 1.06. The van der Waals surface area contributed by atoms with Crippen molar-refractivity contribution in [2.45, 2.75) is 52.4 Å². The Bertz CT molecular complexity index is 993. The Morgan fingerprint density at radius 2 is 1.45 bits per heavy atom. The fourth-order valence-electron chi connectivity index (χ4n) is 4.30. The fourth-order valence-corrected chi connectivity index (χ4v) is 6.18. The van der Waals surface area contributed by atoms with Crippen LogP contribution in [0.3, 0.4) is 0 Å². The van der Waals surface area contributed by atoms with Crippen LogP contribution >= 0.6 is 0 Å². The lowest BCUT2D eigenvalue weighted by atomic mass is 9.96. The van der Waals surface area contributed by atoms with Gasteiger partial charge < -0.3 is 5.32 Å². The first-order chi connectivity index (χ1) is 13.6. The zero-order valence-electron chi connectivity index (χ0n) is 17.9. The van der Waals surface area contributed by atoms with Crippen LogP contribution in [0.5, 0.6) is 0 Å². The van der Waals surface area contributed by atoms with Crippen molar-refractivity contribution in [3.05, 3.63) is 58.1 Å². The highest BCUT2D eigenvalue weighted by molar-refractivity contribution is 7.89. The number of hydrogen-bond donors (Lipinski definition) is 1. The van der Waals surface area contributed by atoms with Crippen LogP contribution < -0.4 is 5.32 Å². The molecular formula is C23H30N2O3S. The van der Waals surface area contributed by atoms with E-state index in [2.05, 4.69) is 5.32 Å². The van der Waals surface area contributed by atoms with Crippen LogP contribution in [0.4, 0.5) is 5.69 Å². The molecule has 1 heterocycles. The van der Waals surface area contributed by atoms with Gasteiger partial charge in [0.15, 0.2) is 0 Å². The van der Waals surface area contributed by atoms with Crippen molar-refractivity contribution in [1.29, 1.82) is 0 Å². The van der Waals surface area contributed by atoms with Gasteiger partial charge in [0.25, 0.3) is 0 Å². The third-order valence-electron chi connectivity index (χ3n) is 5.76. The summed E-state index contributed by atoms with van der Waals surface area (Å²) < 4.78 is 28.0. The van der Waals surface area contributed by atoms with Gasteiger partial charge in [0.2, 0.25) is 15.9 Å². The number of aryl methyl sites for hydroxylation is 5. The quantitative estimate of drug-likeness (QED) is 0.812. The molecule has 1 N–H and O–H groups in total. The molecule has 0 atom stereocenters. The third kappa shape index (κ3) is 4.38. The highest BCUT2D eigenvalue weighted by Gasteiger charge is 2.33. The Morgan fingerprint density at radius 3 is 1.97 bits per heavy atom. The third-order valence-corrected chi connectivity index (χ3v) is 7.96. The summed E-state index contributed by atoms with van der Waals surface area (Å²) in [5.74, 6) is -0.206. The molecule has 3 rings (SSSR count). The topological polar surface area (TPSA) is 66.5 Å². The molecule has 0 aromatic heterocycles. The van der Waals surface area contributed by atoms with Gasteiger partial charge in [0, 0.05) is 24.7 Å². The molecule has 5 nitrogen and oxygen atoms in total. The van der Waals surface area contributed by atoms with Crippen molar-refractivity contribution in [3.63, 3.8) is 0 Å². The number of sulfonamides is 1. The van der Waals surface area contributed by atoms with E-state index in [-0.39, 0.29) is 11.8 Å². The minimum atomic E-state index is -3.56. The van der Waals surface area contributed by atoms with Crippen molar-refractivity contribution in [2.75, 3.05) is 18.4 Å². The lowest BCUT2D eigenvalue weighted by molar-refractivity contribution is -0.120. The molecular weight excluding hydrogens is 384 g/mol. The maximum atomic E-state index is 13.2. The Balaban J connectivity index is 1.71. The summed E-state index contributed by atoms with van der Waals surface area (Å²) in [4.78, 5) is 13.2. The van der Waals surface area contributed by atoms with Gasteiger partial charge in [-0.2, -0.15) is 4.31 Å². The number of benzene rings is 2. The first-order valence-corrected chi connectivity index (χ1v) is 11.5. The first kappa shape index (κ1) is 21.5. The van der Waals surface area contributed by atoms with Gasteiger partial charge in [-0.15, -0.1) is 0 Å². The van der Waals surface area contributed by atoms with E-state index in [1.807, 2.05) is 65.0 Å². The second kappa shape index (κ2) is 8.28. The number of amides is 1. The summed E-state index contributed by atoms with van der Waals surface area (Å²) in [5, 5.41) is 3.05. The van der Waals surface area contributed by atoms with E-state index in [9.17, 15) is 13.2 Å². The zero-order chi connectivity index (χ0) is 21.3. The summed E-state index contributed by atoms with van der Waals surface area (Å²) in [7, 11) is -3.56. The summed E-state index contributed by atoms with van der Waals surface area (Å²) in [6.45, 7) is 10.3. The van der Waals surface area contributed by atoms with Crippen molar-refractivity contribution in [2.24, 2.45) is 5.92 Å². The average Bonchev–Trinajstić information content (AvgIpc) is 2.63. The Morgan fingerprint density at radius 1 is 0.931 bits per heavy atom.